The van der Waals surface area contributed by atoms with Gasteiger partial charge in [-0.1, -0.05) is 30.3 Å². The van der Waals surface area contributed by atoms with Gasteiger partial charge in [-0.3, -0.25) is 4.79 Å². The van der Waals surface area contributed by atoms with E-state index in [1.54, 1.807) is 0 Å². The van der Waals surface area contributed by atoms with Gasteiger partial charge in [0.1, 0.15) is 0 Å². The maximum atomic E-state index is 12.1. The van der Waals surface area contributed by atoms with Crippen LogP contribution in [-0.2, 0) is 11.2 Å². The summed E-state index contributed by atoms with van der Waals surface area (Å²) in [5.74, 6) is -0.0495. The number of nitrogens with zero attached hydrogens (tertiary/aromatic N) is 1. The molecular weight excluding hydrogens is 250 g/mol. The van der Waals surface area contributed by atoms with Crippen molar-refractivity contribution in [2.45, 2.75) is 19.3 Å². The summed E-state index contributed by atoms with van der Waals surface area (Å²) in [5, 5.41) is 3.02. The third kappa shape index (κ3) is 4.62. The topological polar surface area (TPSA) is 58.4 Å². The fourth-order valence-corrected chi connectivity index (χ4v) is 2.67. The molecule has 20 heavy (non-hydrogen) atoms. The van der Waals surface area contributed by atoms with Crippen LogP contribution in [0.5, 0.6) is 0 Å². The van der Waals surface area contributed by atoms with Gasteiger partial charge in [-0.15, -0.1) is 0 Å². The molecule has 1 aromatic carbocycles. The van der Waals surface area contributed by atoms with Gasteiger partial charge in [0.15, 0.2) is 0 Å². The van der Waals surface area contributed by atoms with Crippen LogP contribution in [0.3, 0.4) is 0 Å². The zero-order chi connectivity index (χ0) is 14.2. The molecule has 1 saturated heterocycles. The van der Waals surface area contributed by atoms with E-state index in [2.05, 4.69) is 10.2 Å². The van der Waals surface area contributed by atoms with E-state index in [0.717, 1.165) is 18.7 Å². The second-order valence-corrected chi connectivity index (χ2v) is 5.46. The van der Waals surface area contributed by atoms with Crippen LogP contribution in [0.2, 0.25) is 0 Å². The Morgan fingerprint density at radius 2 is 1.95 bits per heavy atom. The second-order valence-electron chi connectivity index (χ2n) is 5.46. The highest BCUT2D eigenvalue weighted by molar-refractivity contribution is 5.79. The largest absolute Gasteiger partial charge is 0.355 e. The van der Waals surface area contributed by atoms with E-state index in [0.29, 0.717) is 13.0 Å². The van der Waals surface area contributed by atoms with E-state index in [1.807, 2.05) is 30.3 Å². The third-order valence-electron chi connectivity index (χ3n) is 3.91. The minimum absolute atomic E-state index is 0.0792. The molecule has 0 saturated carbocycles. The summed E-state index contributed by atoms with van der Waals surface area (Å²) in [6.45, 7) is 4.41. The van der Waals surface area contributed by atoms with Crippen molar-refractivity contribution in [3.8, 4) is 0 Å². The van der Waals surface area contributed by atoms with Crippen LogP contribution in [0.1, 0.15) is 18.4 Å². The van der Waals surface area contributed by atoms with Crippen LogP contribution in [0, 0.1) is 5.92 Å². The minimum Gasteiger partial charge on any atom is -0.355 e. The van der Waals surface area contributed by atoms with E-state index in [1.165, 1.54) is 25.9 Å². The van der Waals surface area contributed by atoms with Crippen molar-refractivity contribution in [2.24, 2.45) is 11.7 Å². The number of amides is 1. The maximum Gasteiger partial charge on any atom is 0.224 e. The van der Waals surface area contributed by atoms with Gasteiger partial charge >= 0.3 is 0 Å². The number of carbonyl (C=O) groups excluding carboxylic acids is 1. The van der Waals surface area contributed by atoms with E-state index < -0.39 is 0 Å². The van der Waals surface area contributed by atoms with Gasteiger partial charge in [0, 0.05) is 19.6 Å². The maximum absolute atomic E-state index is 12.1. The number of rotatable bonds is 7. The number of carbonyl (C=O) groups is 1. The van der Waals surface area contributed by atoms with Crippen molar-refractivity contribution in [2.75, 3.05) is 32.7 Å². The van der Waals surface area contributed by atoms with E-state index in [4.69, 9.17) is 5.73 Å². The molecule has 1 heterocycles. The van der Waals surface area contributed by atoms with E-state index >= 15 is 0 Å². The molecule has 1 atom stereocenters. The van der Waals surface area contributed by atoms with Crippen molar-refractivity contribution < 1.29 is 4.79 Å². The first-order chi connectivity index (χ1) is 9.79. The monoisotopic (exact) mass is 275 g/mol. The molecule has 0 aliphatic carbocycles. The van der Waals surface area contributed by atoms with Crippen molar-refractivity contribution in [3.05, 3.63) is 35.9 Å². The van der Waals surface area contributed by atoms with Crippen LogP contribution in [0.25, 0.3) is 0 Å². The molecule has 0 radical (unpaired) electrons. The lowest BCUT2D eigenvalue weighted by Crippen LogP contribution is -2.40. The second kappa shape index (κ2) is 8.02. The van der Waals surface area contributed by atoms with Gasteiger partial charge in [0.25, 0.3) is 0 Å². The summed E-state index contributed by atoms with van der Waals surface area (Å²) in [4.78, 5) is 14.5. The SMILES string of the molecule is NCC(Cc1ccccc1)C(=O)NCCN1CCCC1. The molecule has 1 amide bonds. The van der Waals surface area contributed by atoms with Crippen LogP contribution in [0.4, 0.5) is 0 Å². The molecule has 110 valence electrons. The Bertz CT molecular complexity index is 401. The number of benzene rings is 1. The van der Waals surface area contributed by atoms with Crippen LogP contribution in [0.15, 0.2) is 30.3 Å². The van der Waals surface area contributed by atoms with Crippen molar-refractivity contribution >= 4 is 5.91 Å². The minimum atomic E-state index is -0.129. The first-order valence-electron chi connectivity index (χ1n) is 7.53. The van der Waals surface area contributed by atoms with Gasteiger partial charge < -0.3 is 16.0 Å². The smallest absolute Gasteiger partial charge is 0.224 e. The van der Waals surface area contributed by atoms with Gasteiger partial charge in [0.05, 0.1) is 5.92 Å². The average molecular weight is 275 g/mol. The zero-order valence-corrected chi connectivity index (χ0v) is 12.1. The number of nitrogens with one attached hydrogen (secondary N) is 1. The Labute approximate surface area is 121 Å². The predicted octanol–water partition coefficient (Wildman–Crippen LogP) is 1.02. The Balaban J connectivity index is 1.73. The molecule has 2 rings (SSSR count). The van der Waals surface area contributed by atoms with E-state index in [9.17, 15) is 4.79 Å². The molecular formula is C16H25N3O. The van der Waals surface area contributed by atoms with Crippen LogP contribution in [-0.4, -0.2) is 43.5 Å². The number of hydrogen-bond donors (Lipinski definition) is 2. The molecule has 3 N–H and O–H groups in total. The number of hydrogen-bond acceptors (Lipinski definition) is 3. The molecule has 1 aliphatic heterocycles. The van der Waals surface area contributed by atoms with Crippen molar-refractivity contribution in [3.63, 3.8) is 0 Å². The quantitative estimate of drug-likeness (QED) is 0.781. The average Bonchev–Trinajstić information content (AvgIpc) is 2.99. The predicted molar refractivity (Wildman–Crippen MR) is 81.4 cm³/mol. The lowest BCUT2D eigenvalue weighted by Gasteiger charge is -2.18. The molecule has 1 aromatic rings. The van der Waals surface area contributed by atoms with Crippen molar-refractivity contribution in [1.29, 1.82) is 0 Å². The van der Waals surface area contributed by atoms with Crippen LogP contribution < -0.4 is 11.1 Å². The highest BCUT2D eigenvalue weighted by atomic mass is 16.1. The molecule has 4 heteroatoms. The van der Waals surface area contributed by atoms with Gasteiger partial charge in [-0.05, 0) is 37.9 Å². The highest BCUT2D eigenvalue weighted by Crippen LogP contribution is 2.08. The summed E-state index contributed by atoms with van der Waals surface area (Å²) in [6.07, 6.45) is 3.29. The summed E-state index contributed by atoms with van der Waals surface area (Å²) in [7, 11) is 0. The van der Waals surface area contributed by atoms with E-state index in [-0.39, 0.29) is 11.8 Å². The Morgan fingerprint density at radius 3 is 2.60 bits per heavy atom. The first-order valence-corrected chi connectivity index (χ1v) is 7.53. The summed E-state index contributed by atoms with van der Waals surface area (Å²) in [5.41, 5.74) is 6.91. The molecule has 0 bridgehead atoms. The first kappa shape index (κ1) is 15.0. The summed E-state index contributed by atoms with van der Waals surface area (Å²) < 4.78 is 0. The molecule has 0 aromatic heterocycles. The molecule has 1 aliphatic rings. The Morgan fingerprint density at radius 1 is 1.25 bits per heavy atom. The summed E-state index contributed by atoms with van der Waals surface area (Å²) >= 11 is 0. The Kier molecular flexibility index (Phi) is 6.02. The standard InChI is InChI=1S/C16H25N3O/c17-13-15(12-14-6-2-1-3-7-14)16(20)18-8-11-19-9-4-5-10-19/h1-3,6-7,15H,4-5,8-13,17H2,(H,18,20). The third-order valence-corrected chi connectivity index (χ3v) is 3.91. The molecule has 1 unspecified atom stereocenters. The molecule has 0 spiro atoms. The normalized spacial score (nSPS) is 17.1. The van der Waals surface area contributed by atoms with Gasteiger partial charge in [-0.25, -0.2) is 0 Å². The number of nitrogens with two attached hydrogens (primary N) is 1. The zero-order valence-electron chi connectivity index (χ0n) is 12.1. The van der Waals surface area contributed by atoms with Gasteiger partial charge in [0.2, 0.25) is 5.91 Å². The number of likely N-dealkylation sites (tertiary alicyclic amines) is 1. The Hall–Kier alpha value is -1.39. The van der Waals surface area contributed by atoms with Crippen LogP contribution >= 0.6 is 0 Å². The fraction of sp³-hybridized carbons (Fsp3) is 0.562. The van der Waals surface area contributed by atoms with Crippen molar-refractivity contribution in [1.82, 2.24) is 10.2 Å². The summed E-state index contributed by atoms with van der Waals surface area (Å²) in [6, 6.07) is 10.1. The van der Waals surface area contributed by atoms with Gasteiger partial charge in [-0.2, -0.15) is 0 Å². The highest BCUT2D eigenvalue weighted by Gasteiger charge is 2.17. The molecule has 4 nitrogen and oxygen atoms in total. The lowest BCUT2D eigenvalue weighted by molar-refractivity contribution is -0.124. The molecule has 1 fully saturated rings. The lowest BCUT2D eigenvalue weighted by atomic mass is 9.98. The fourth-order valence-electron chi connectivity index (χ4n) is 2.67.